The molecule has 3 heterocycles. The summed E-state index contributed by atoms with van der Waals surface area (Å²) in [7, 11) is 3.00. The summed E-state index contributed by atoms with van der Waals surface area (Å²) in [6.45, 7) is 11.3. The number of esters is 1. The minimum Gasteiger partial charge on any atom is -0.461 e. The SMILES string of the molecule is CO[C@@H]1CC(C[C@@H](C)[C@@H]2CC[C@H](N)/C=C(\C)[C@@H](O)[C@@H](OC)C(=O)[C@H](C)C[C@H](C)/C=C/C=C/C=C(\C)[C@@H](Nc3cccc(C#N)c3)C[C@@H]3CCC(C)[C@@](O)(O3)C(=O)C(=O)N3CCCCC3C(=O)O2)CC[C@H]1O. The summed E-state index contributed by atoms with van der Waals surface area (Å²) in [6, 6.07) is 7.21. The summed E-state index contributed by atoms with van der Waals surface area (Å²) >= 11 is 0. The Kier molecular flexibility index (Phi) is 21.8. The van der Waals surface area contributed by atoms with Gasteiger partial charge in [-0.3, -0.25) is 14.4 Å². The number of nitriles is 1. The molecule has 0 spiro atoms. The van der Waals surface area contributed by atoms with Gasteiger partial charge in [-0.25, -0.2) is 4.79 Å². The molecule has 3 unspecified atom stereocenters. The molecule has 1 aliphatic carbocycles. The van der Waals surface area contributed by atoms with Gasteiger partial charge in [0.25, 0.3) is 11.7 Å². The average molecular weight is 987 g/mol. The lowest BCUT2D eigenvalue weighted by molar-refractivity contribution is -0.263. The van der Waals surface area contributed by atoms with Crippen LogP contribution in [-0.2, 0) is 38.1 Å². The van der Waals surface area contributed by atoms with E-state index in [-0.39, 0.29) is 48.6 Å². The molecule has 0 radical (unpaired) electrons. The largest absolute Gasteiger partial charge is 0.461 e. The van der Waals surface area contributed by atoms with Gasteiger partial charge in [0.15, 0.2) is 5.78 Å². The number of hydrogen-bond acceptors (Lipinski definition) is 14. The van der Waals surface area contributed by atoms with Gasteiger partial charge >= 0.3 is 5.97 Å². The van der Waals surface area contributed by atoms with Gasteiger partial charge in [0.1, 0.15) is 24.4 Å². The number of rotatable bonds is 7. The van der Waals surface area contributed by atoms with Gasteiger partial charge in [-0.1, -0.05) is 75.8 Å². The fourth-order valence-electron chi connectivity index (χ4n) is 10.9. The summed E-state index contributed by atoms with van der Waals surface area (Å²) in [5.74, 6) is -6.59. The van der Waals surface area contributed by atoms with Crippen LogP contribution in [0.25, 0.3) is 0 Å². The van der Waals surface area contributed by atoms with Gasteiger partial charge in [0, 0.05) is 50.4 Å². The standard InChI is InChI=1S/C56H82N4O11/c1-34-15-10-9-11-16-35(2)45(59-43-18-14-17-41(30-43)33-57)32-44-23-20-39(6)56(67,71-44)53(64)54(65)60-26-13-12-19-46(60)55(66)70-48(36(3)28-40-21-24-47(61)49(31-40)68-7)25-22-42(58)29-38(5)51(63)52(69-8)50(62)37(4)27-34/h9-11,14-18,29-30,34,36-37,39-40,42,44-49,51-52,59,61,63,67H,12-13,19-28,31-32,58H2,1-8H3/b11-9+,15-10+,35-16+,38-29+/t34-,36-,37-,39?,40?,42+,44+,45+,46?,47-,48+,49-,51-,52+,56-/m1/s1. The van der Waals surface area contributed by atoms with Crippen molar-refractivity contribution in [3.8, 4) is 6.07 Å². The number of nitrogens with one attached hydrogen (secondary N) is 1. The second-order valence-corrected chi connectivity index (χ2v) is 21.0. The molecule has 5 rings (SSSR count). The van der Waals surface area contributed by atoms with Crippen LogP contribution in [0.1, 0.15) is 131 Å². The number of ether oxygens (including phenoxy) is 4. The minimum atomic E-state index is -2.46. The molecule has 1 saturated carbocycles. The monoisotopic (exact) mass is 987 g/mol. The first kappa shape index (κ1) is 57.4. The number of aliphatic hydroxyl groups is 3. The molecule has 71 heavy (non-hydrogen) atoms. The summed E-state index contributed by atoms with van der Waals surface area (Å²) in [4.78, 5) is 58.4. The number of aliphatic hydroxyl groups excluding tert-OH is 2. The molecule has 0 aromatic heterocycles. The number of fused-ring (bicyclic) bond motifs is 3. The van der Waals surface area contributed by atoms with Crippen molar-refractivity contribution in [3.63, 3.8) is 0 Å². The third-order valence-electron chi connectivity index (χ3n) is 15.4. The minimum absolute atomic E-state index is 0.0109. The molecule has 6 N–H and O–H groups in total. The molecule has 2 bridgehead atoms. The van der Waals surface area contributed by atoms with Crippen LogP contribution >= 0.6 is 0 Å². The van der Waals surface area contributed by atoms with Crippen LogP contribution < -0.4 is 11.1 Å². The Morgan fingerprint density at radius 1 is 0.930 bits per heavy atom. The molecule has 15 nitrogen and oxygen atoms in total. The number of anilines is 1. The average Bonchev–Trinajstić information content (AvgIpc) is 3.35. The number of ketones is 2. The predicted molar refractivity (Wildman–Crippen MR) is 271 cm³/mol. The first-order valence-corrected chi connectivity index (χ1v) is 25.9. The number of carbonyl (C=O) groups is 4. The Bertz CT molecular complexity index is 2130. The number of carbonyl (C=O) groups excluding carboxylic acids is 4. The fraction of sp³-hybridized carbons (Fsp3) is 0.661. The smallest absolute Gasteiger partial charge is 0.329 e. The molecular weight excluding hydrogens is 905 g/mol. The quantitative estimate of drug-likeness (QED) is 0.105. The Labute approximate surface area is 421 Å². The number of allylic oxidation sites excluding steroid dienone is 5. The van der Waals surface area contributed by atoms with Gasteiger partial charge in [-0.2, -0.15) is 5.26 Å². The number of piperidine rings is 1. The summed E-state index contributed by atoms with van der Waals surface area (Å²) < 4.78 is 23.9. The maximum absolute atomic E-state index is 14.5. The highest BCUT2D eigenvalue weighted by Gasteiger charge is 2.53. The van der Waals surface area contributed by atoms with E-state index in [1.165, 1.54) is 12.0 Å². The van der Waals surface area contributed by atoms with Crippen molar-refractivity contribution in [2.75, 3.05) is 26.1 Å². The van der Waals surface area contributed by atoms with E-state index < -0.39 is 77.9 Å². The van der Waals surface area contributed by atoms with Crippen molar-refractivity contribution >= 4 is 29.1 Å². The van der Waals surface area contributed by atoms with Gasteiger partial charge < -0.3 is 50.2 Å². The lowest BCUT2D eigenvalue weighted by Crippen LogP contribution is -2.61. The Balaban J connectivity index is 1.49. The number of cyclic esters (lactones) is 1. The predicted octanol–water partition coefficient (Wildman–Crippen LogP) is 7.03. The normalized spacial score (nSPS) is 37.7. The summed E-state index contributed by atoms with van der Waals surface area (Å²) in [5.41, 5.74) is 9.24. The van der Waals surface area contributed by atoms with Crippen molar-refractivity contribution in [1.29, 1.82) is 5.26 Å². The molecule has 4 aliphatic rings. The molecule has 15 heteroatoms. The van der Waals surface area contributed by atoms with E-state index in [4.69, 9.17) is 24.7 Å². The molecule has 15 atom stereocenters. The number of nitrogens with zero attached hydrogens (tertiary/aromatic N) is 2. The fourth-order valence-corrected chi connectivity index (χ4v) is 10.9. The molecule has 1 aromatic carbocycles. The third-order valence-corrected chi connectivity index (χ3v) is 15.4. The molecule has 2 saturated heterocycles. The van der Waals surface area contributed by atoms with Crippen molar-refractivity contribution in [1.82, 2.24) is 4.90 Å². The Morgan fingerprint density at radius 3 is 2.41 bits per heavy atom. The van der Waals surface area contributed by atoms with Crippen LogP contribution in [0.5, 0.6) is 0 Å². The second kappa shape index (κ2) is 27.0. The first-order valence-electron chi connectivity index (χ1n) is 25.9. The zero-order chi connectivity index (χ0) is 52.0. The molecular formula is C56H82N4O11. The Morgan fingerprint density at radius 2 is 1.69 bits per heavy atom. The van der Waals surface area contributed by atoms with E-state index in [0.717, 1.165) is 12.0 Å². The van der Waals surface area contributed by atoms with Crippen LogP contribution in [0.2, 0.25) is 0 Å². The summed E-state index contributed by atoms with van der Waals surface area (Å²) in [5, 5.41) is 47.3. The first-order chi connectivity index (χ1) is 33.8. The van der Waals surface area contributed by atoms with Gasteiger partial charge in [0.05, 0.1) is 29.9 Å². The van der Waals surface area contributed by atoms with Crippen LogP contribution in [0.3, 0.4) is 0 Å². The zero-order valence-electron chi connectivity index (χ0n) is 43.3. The maximum atomic E-state index is 14.5. The maximum Gasteiger partial charge on any atom is 0.329 e. The van der Waals surface area contributed by atoms with Crippen LogP contribution in [0, 0.1) is 40.9 Å². The highest BCUT2D eigenvalue weighted by atomic mass is 16.6. The zero-order valence-corrected chi connectivity index (χ0v) is 43.3. The van der Waals surface area contributed by atoms with Gasteiger partial charge in [0.2, 0.25) is 5.79 Å². The van der Waals surface area contributed by atoms with Crippen molar-refractivity contribution in [2.45, 2.75) is 186 Å². The van der Waals surface area contributed by atoms with Crippen molar-refractivity contribution in [3.05, 3.63) is 77.4 Å². The molecule has 3 aliphatic heterocycles. The van der Waals surface area contributed by atoms with Crippen LogP contribution in [0.4, 0.5) is 5.69 Å². The lowest BCUT2D eigenvalue weighted by atomic mass is 9.78. The van der Waals surface area contributed by atoms with Gasteiger partial charge in [-0.15, -0.1) is 0 Å². The molecule has 392 valence electrons. The number of hydrogen-bond donors (Lipinski definition) is 5. The van der Waals surface area contributed by atoms with Crippen molar-refractivity contribution in [2.24, 2.45) is 35.3 Å². The van der Waals surface area contributed by atoms with E-state index in [1.807, 2.05) is 64.1 Å². The molecule has 3 fully saturated rings. The highest BCUT2D eigenvalue weighted by Crippen LogP contribution is 2.38. The third kappa shape index (κ3) is 15.5. The Hall–Kier alpha value is -4.53. The number of benzene rings is 1. The summed E-state index contributed by atoms with van der Waals surface area (Å²) in [6.07, 6.45) is 13.4. The van der Waals surface area contributed by atoms with E-state index in [0.29, 0.717) is 87.5 Å². The lowest BCUT2D eigenvalue weighted by Gasteiger charge is -2.43. The van der Waals surface area contributed by atoms with Gasteiger partial charge in [-0.05, 0) is 139 Å². The van der Waals surface area contributed by atoms with Crippen LogP contribution in [-0.4, -0.2) is 125 Å². The molecule has 1 amide bonds. The number of methoxy groups -OCH3 is 2. The van der Waals surface area contributed by atoms with E-state index in [2.05, 4.69) is 11.4 Å². The number of nitrogens with two attached hydrogens (primary N) is 1. The number of Topliss-reactive ketones (excluding diaryl/α,β-unsaturated/α-hetero) is 2. The van der Waals surface area contributed by atoms with Crippen molar-refractivity contribution < 1.29 is 53.4 Å². The molecule has 1 aromatic rings. The number of amides is 1. The highest BCUT2D eigenvalue weighted by molar-refractivity contribution is 6.39. The van der Waals surface area contributed by atoms with E-state index in [9.17, 15) is 39.8 Å². The topological polar surface area (TPSA) is 231 Å². The van der Waals surface area contributed by atoms with E-state index in [1.54, 1.807) is 45.2 Å². The van der Waals surface area contributed by atoms with Crippen LogP contribution in [0.15, 0.2) is 71.9 Å². The van der Waals surface area contributed by atoms with E-state index >= 15 is 0 Å². The second-order valence-electron chi connectivity index (χ2n) is 21.0.